The molecule has 0 heterocycles. The minimum absolute atomic E-state index is 0.151. The van der Waals surface area contributed by atoms with Gasteiger partial charge >= 0.3 is 0 Å². The third kappa shape index (κ3) is 3.20. The summed E-state index contributed by atoms with van der Waals surface area (Å²) in [7, 11) is 0. The van der Waals surface area contributed by atoms with Gasteiger partial charge in [0, 0.05) is 12.6 Å². The van der Waals surface area contributed by atoms with Crippen LogP contribution in [0.2, 0.25) is 0 Å². The summed E-state index contributed by atoms with van der Waals surface area (Å²) in [6.07, 6.45) is 5.18. The molecule has 3 nitrogen and oxygen atoms in total. The molecule has 0 radical (unpaired) electrons. The molecule has 0 saturated heterocycles. The van der Waals surface area contributed by atoms with Crippen molar-refractivity contribution in [2.45, 2.75) is 45.6 Å². The van der Waals surface area contributed by atoms with Gasteiger partial charge in [0.15, 0.2) is 0 Å². The Balaban J connectivity index is 1.57. The highest BCUT2D eigenvalue weighted by Gasteiger charge is 2.42. The lowest BCUT2D eigenvalue weighted by atomic mass is 10.0. The Morgan fingerprint density at radius 3 is 2.67 bits per heavy atom. The van der Waals surface area contributed by atoms with Crippen LogP contribution in [0.1, 0.15) is 39.5 Å². The van der Waals surface area contributed by atoms with Gasteiger partial charge < -0.3 is 10.6 Å². The van der Waals surface area contributed by atoms with Crippen molar-refractivity contribution in [1.82, 2.24) is 10.6 Å². The van der Waals surface area contributed by atoms with Crippen molar-refractivity contribution >= 4 is 5.91 Å². The highest BCUT2D eigenvalue weighted by Crippen LogP contribution is 2.47. The third-order valence-corrected chi connectivity index (χ3v) is 3.94. The minimum Gasteiger partial charge on any atom is -0.355 e. The van der Waals surface area contributed by atoms with E-state index in [-0.39, 0.29) is 5.91 Å². The molecule has 2 saturated carbocycles. The summed E-state index contributed by atoms with van der Waals surface area (Å²) in [5, 5.41) is 6.29. The molecule has 0 aromatic heterocycles. The first-order valence-electron chi connectivity index (χ1n) is 6.10. The Hall–Kier alpha value is -0.570. The molecular weight excluding hydrogens is 188 g/mol. The third-order valence-electron chi connectivity index (χ3n) is 3.94. The molecule has 1 atom stereocenters. The van der Waals surface area contributed by atoms with Crippen molar-refractivity contribution in [2.75, 3.05) is 13.1 Å². The summed E-state index contributed by atoms with van der Waals surface area (Å²) in [4.78, 5) is 11.5. The molecular formula is C12H22N2O. The van der Waals surface area contributed by atoms with E-state index in [1.54, 1.807) is 0 Å². The monoisotopic (exact) mass is 210 g/mol. The molecule has 2 aliphatic carbocycles. The van der Waals surface area contributed by atoms with Gasteiger partial charge in [0.25, 0.3) is 0 Å². The van der Waals surface area contributed by atoms with Crippen LogP contribution in [0.25, 0.3) is 0 Å². The van der Waals surface area contributed by atoms with E-state index in [4.69, 9.17) is 0 Å². The van der Waals surface area contributed by atoms with Gasteiger partial charge in [0.1, 0.15) is 0 Å². The summed E-state index contributed by atoms with van der Waals surface area (Å²) in [6, 6.07) is 0.462. The largest absolute Gasteiger partial charge is 0.355 e. The molecule has 1 amide bonds. The Morgan fingerprint density at radius 2 is 2.13 bits per heavy atom. The van der Waals surface area contributed by atoms with Crippen LogP contribution in [-0.2, 0) is 4.79 Å². The molecule has 2 fully saturated rings. The smallest absolute Gasteiger partial charge is 0.233 e. The zero-order chi connectivity index (χ0) is 10.9. The lowest BCUT2D eigenvalue weighted by Gasteiger charge is -2.19. The summed E-state index contributed by atoms with van der Waals surface area (Å²) >= 11 is 0. The zero-order valence-corrected chi connectivity index (χ0v) is 9.81. The van der Waals surface area contributed by atoms with Crippen LogP contribution in [0.5, 0.6) is 0 Å². The fourth-order valence-corrected chi connectivity index (χ4v) is 1.77. The lowest BCUT2D eigenvalue weighted by molar-refractivity contribution is -0.120. The first kappa shape index (κ1) is 10.9. The lowest BCUT2D eigenvalue weighted by Crippen LogP contribution is -2.41. The molecule has 1 unspecified atom stereocenters. The molecule has 2 N–H and O–H groups in total. The minimum atomic E-state index is 0.151. The second kappa shape index (κ2) is 4.12. The highest BCUT2D eigenvalue weighted by molar-refractivity contribution is 5.78. The van der Waals surface area contributed by atoms with Crippen molar-refractivity contribution in [3.05, 3.63) is 0 Å². The van der Waals surface area contributed by atoms with Gasteiger partial charge in [-0.3, -0.25) is 4.79 Å². The van der Waals surface area contributed by atoms with E-state index in [0.717, 1.165) is 12.5 Å². The van der Waals surface area contributed by atoms with E-state index in [0.29, 0.717) is 18.0 Å². The molecule has 2 aliphatic rings. The van der Waals surface area contributed by atoms with E-state index >= 15 is 0 Å². The van der Waals surface area contributed by atoms with Crippen molar-refractivity contribution in [2.24, 2.45) is 11.3 Å². The van der Waals surface area contributed by atoms with Crippen LogP contribution in [-0.4, -0.2) is 25.0 Å². The fourth-order valence-electron chi connectivity index (χ4n) is 1.77. The molecule has 86 valence electrons. The van der Waals surface area contributed by atoms with Crippen molar-refractivity contribution < 1.29 is 4.79 Å². The molecule has 0 bridgehead atoms. The average molecular weight is 210 g/mol. The number of amides is 1. The maximum atomic E-state index is 11.5. The standard InChI is InChI=1S/C12H22N2O/c1-9(12(2)5-6-12)13-8-11(15)14-7-10-3-4-10/h9-10,13H,3-8H2,1-2H3,(H,14,15). The van der Waals surface area contributed by atoms with E-state index in [1.807, 2.05) is 0 Å². The summed E-state index contributed by atoms with van der Waals surface area (Å²) < 4.78 is 0. The molecule has 2 rings (SSSR count). The number of hydrogen-bond acceptors (Lipinski definition) is 2. The van der Waals surface area contributed by atoms with Crippen molar-refractivity contribution in [3.63, 3.8) is 0 Å². The molecule has 0 aromatic rings. The SMILES string of the molecule is CC(NCC(=O)NCC1CC1)C1(C)CC1. The summed E-state index contributed by atoms with van der Waals surface area (Å²) in [5.41, 5.74) is 0.455. The second-order valence-corrected chi connectivity index (χ2v) is 5.50. The van der Waals surface area contributed by atoms with Crippen LogP contribution >= 0.6 is 0 Å². The quantitative estimate of drug-likeness (QED) is 0.693. The topological polar surface area (TPSA) is 41.1 Å². The van der Waals surface area contributed by atoms with Crippen LogP contribution in [0.4, 0.5) is 0 Å². The maximum absolute atomic E-state index is 11.5. The molecule has 0 aliphatic heterocycles. The van der Waals surface area contributed by atoms with E-state index < -0.39 is 0 Å². The average Bonchev–Trinajstić information content (AvgIpc) is 3.07. The number of carbonyl (C=O) groups excluding carboxylic acids is 1. The Bertz CT molecular complexity index is 244. The predicted octanol–water partition coefficient (Wildman–Crippen LogP) is 1.29. The molecule has 15 heavy (non-hydrogen) atoms. The van der Waals surface area contributed by atoms with Crippen molar-refractivity contribution in [3.8, 4) is 0 Å². The first-order valence-corrected chi connectivity index (χ1v) is 6.10. The zero-order valence-electron chi connectivity index (χ0n) is 9.81. The van der Waals surface area contributed by atoms with Gasteiger partial charge in [-0.1, -0.05) is 6.92 Å². The number of rotatable bonds is 6. The van der Waals surface area contributed by atoms with Crippen molar-refractivity contribution in [1.29, 1.82) is 0 Å². The fraction of sp³-hybridized carbons (Fsp3) is 0.917. The van der Waals surface area contributed by atoms with E-state index in [1.165, 1.54) is 25.7 Å². The van der Waals surface area contributed by atoms with Gasteiger partial charge in [-0.25, -0.2) is 0 Å². The molecule has 0 spiro atoms. The Kier molecular flexibility index (Phi) is 3.01. The van der Waals surface area contributed by atoms with Crippen LogP contribution in [0, 0.1) is 11.3 Å². The first-order chi connectivity index (χ1) is 7.10. The van der Waals surface area contributed by atoms with Gasteiger partial charge in [0.05, 0.1) is 6.54 Å². The Labute approximate surface area is 92.0 Å². The number of nitrogens with one attached hydrogen (secondary N) is 2. The maximum Gasteiger partial charge on any atom is 0.233 e. The summed E-state index contributed by atoms with van der Waals surface area (Å²) in [5.74, 6) is 0.922. The summed E-state index contributed by atoms with van der Waals surface area (Å²) in [6.45, 7) is 5.82. The van der Waals surface area contributed by atoms with Crippen LogP contribution in [0.3, 0.4) is 0 Å². The van der Waals surface area contributed by atoms with Crippen LogP contribution in [0.15, 0.2) is 0 Å². The number of hydrogen-bond donors (Lipinski definition) is 2. The van der Waals surface area contributed by atoms with Gasteiger partial charge in [0.2, 0.25) is 5.91 Å². The van der Waals surface area contributed by atoms with E-state index in [2.05, 4.69) is 24.5 Å². The highest BCUT2D eigenvalue weighted by atomic mass is 16.1. The second-order valence-electron chi connectivity index (χ2n) is 5.50. The molecule has 0 aromatic carbocycles. The Morgan fingerprint density at radius 1 is 1.47 bits per heavy atom. The van der Waals surface area contributed by atoms with Gasteiger partial charge in [-0.2, -0.15) is 0 Å². The molecule has 3 heteroatoms. The van der Waals surface area contributed by atoms with Gasteiger partial charge in [-0.15, -0.1) is 0 Å². The predicted molar refractivity (Wildman–Crippen MR) is 60.5 cm³/mol. The normalized spacial score (nSPS) is 24.7. The van der Waals surface area contributed by atoms with Crippen LogP contribution < -0.4 is 10.6 Å². The van der Waals surface area contributed by atoms with E-state index in [9.17, 15) is 4.79 Å². The number of carbonyl (C=O) groups is 1. The van der Waals surface area contributed by atoms with Gasteiger partial charge in [-0.05, 0) is 43.9 Å².